The summed E-state index contributed by atoms with van der Waals surface area (Å²) in [6, 6.07) is 6.50. The number of nitrogens with zero attached hydrogens (tertiary/aromatic N) is 1. The summed E-state index contributed by atoms with van der Waals surface area (Å²) in [6.07, 6.45) is 1.93. The first-order chi connectivity index (χ1) is 8.63. The van der Waals surface area contributed by atoms with Crippen molar-refractivity contribution in [3.63, 3.8) is 0 Å². The smallest absolute Gasteiger partial charge is 0.227 e. The lowest BCUT2D eigenvalue weighted by Gasteiger charge is -2.27. The van der Waals surface area contributed by atoms with Crippen molar-refractivity contribution < 1.29 is 9.18 Å². The fourth-order valence-corrected chi connectivity index (χ4v) is 2.45. The minimum absolute atomic E-state index is 0. The van der Waals surface area contributed by atoms with Gasteiger partial charge < -0.3 is 10.6 Å². The quantitative estimate of drug-likeness (QED) is 0.928. The van der Waals surface area contributed by atoms with E-state index in [0.717, 1.165) is 24.9 Å². The minimum atomic E-state index is -0.245. The van der Waals surface area contributed by atoms with Gasteiger partial charge in [-0.3, -0.25) is 4.79 Å². The van der Waals surface area contributed by atoms with Crippen LogP contribution < -0.4 is 5.73 Å². The van der Waals surface area contributed by atoms with E-state index >= 15 is 0 Å². The maximum Gasteiger partial charge on any atom is 0.227 e. The van der Waals surface area contributed by atoms with Gasteiger partial charge in [0.1, 0.15) is 5.82 Å². The van der Waals surface area contributed by atoms with E-state index in [2.05, 4.69) is 0 Å². The molecular formula is C14H20ClFN2O. The van der Waals surface area contributed by atoms with Gasteiger partial charge in [-0.2, -0.15) is 0 Å². The second-order valence-electron chi connectivity index (χ2n) is 4.88. The summed E-state index contributed by atoms with van der Waals surface area (Å²) in [5.41, 5.74) is 6.55. The van der Waals surface area contributed by atoms with E-state index in [1.165, 1.54) is 12.1 Å². The number of halogens is 2. The Morgan fingerprint density at radius 1 is 1.47 bits per heavy atom. The van der Waals surface area contributed by atoms with Crippen molar-refractivity contribution in [1.29, 1.82) is 0 Å². The van der Waals surface area contributed by atoms with Crippen LogP contribution in [0.25, 0.3) is 0 Å². The number of carbonyl (C=O) groups excluding carboxylic acids is 1. The highest BCUT2D eigenvalue weighted by Gasteiger charge is 2.31. The molecule has 1 heterocycles. The molecule has 1 amide bonds. The van der Waals surface area contributed by atoms with Crippen molar-refractivity contribution in [1.82, 2.24) is 4.90 Å². The van der Waals surface area contributed by atoms with Gasteiger partial charge in [0.05, 0.1) is 6.04 Å². The molecule has 2 unspecified atom stereocenters. The van der Waals surface area contributed by atoms with Gasteiger partial charge in [-0.05, 0) is 30.5 Å². The maximum absolute atomic E-state index is 12.9. The van der Waals surface area contributed by atoms with Crippen LogP contribution in [0.4, 0.5) is 4.39 Å². The summed E-state index contributed by atoms with van der Waals surface area (Å²) < 4.78 is 12.9. The largest absolute Gasteiger partial charge is 0.335 e. The van der Waals surface area contributed by atoms with Crippen molar-refractivity contribution in [2.24, 2.45) is 11.7 Å². The molecule has 1 aromatic rings. The van der Waals surface area contributed by atoms with Crippen LogP contribution in [-0.4, -0.2) is 23.9 Å². The summed E-state index contributed by atoms with van der Waals surface area (Å²) >= 11 is 0. The first-order valence-electron chi connectivity index (χ1n) is 6.39. The van der Waals surface area contributed by atoms with E-state index in [1.54, 1.807) is 12.1 Å². The standard InChI is InChI=1S/C14H19FN2O.ClH/c1-10(9-16)14(18)17-8-2-3-13(17)11-4-6-12(15)7-5-11;/h4-7,10,13H,2-3,8-9,16H2,1H3;1H. The molecule has 1 saturated heterocycles. The average Bonchev–Trinajstić information content (AvgIpc) is 2.87. The second-order valence-corrected chi connectivity index (χ2v) is 4.88. The molecule has 0 radical (unpaired) electrons. The van der Waals surface area contributed by atoms with Crippen molar-refractivity contribution in [3.05, 3.63) is 35.6 Å². The Kier molecular flexibility index (Phi) is 5.76. The predicted octanol–water partition coefficient (Wildman–Crippen LogP) is 2.51. The Hall–Kier alpha value is -1.13. The molecule has 2 N–H and O–H groups in total. The molecule has 2 atom stereocenters. The van der Waals surface area contributed by atoms with Crippen molar-refractivity contribution in [2.75, 3.05) is 13.1 Å². The molecule has 2 rings (SSSR count). The number of carbonyl (C=O) groups is 1. The van der Waals surface area contributed by atoms with Gasteiger partial charge in [0.15, 0.2) is 0 Å². The molecule has 0 spiro atoms. The Morgan fingerprint density at radius 3 is 2.68 bits per heavy atom. The maximum atomic E-state index is 12.9. The Morgan fingerprint density at radius 2 is 2.11 bits per heavy atom. The van der Waals surface area contributed by atoms with Crippen LogP contribution in [0.5, 0.6) is 0 Å². The monoisotopic (exact) mass is 286 g/mol. The van der Waals surface area contributed by atoms with Gasteiger partial charge in [-0.25, -0.2) is 4.39 Å². The van der Waals surface area contributed by atoms with Gasteiger partial charge in [0.25, 0.3) is 0 Å². The number of amides is 1. The zero-order valence-corrected chi connectivity index (χ0v) is 11.8. The second kappa shape index (κ2) is 6.87. The number of nitrogens with two attached hydrogens (primary N) is 1. The molecule has 0 aliphatic carbocycles. The van der Waals surface area contributed by atoms with Crippen LogP contribution in [-0.2, 0) is 4.79 Å². The summed E-state index contributed by atoms with van der Waals surface area (Å²) in [5, 5.41) is 0. The Balaban J connectivity index is 0.00000180. The zero-order valence-electron chi connectivity index (χ0n) is 11.0. The van der Waals surface area contributed by atoms with Crippen molar-refractivity contribution in [3.8, 4) is 0 Å². The van der Waals surface area contributed by atoms with E-state index in [4.69, 9.17) is 5.73 Å². The molecule has 106 valence electrons. The van der Waals surface area contributed by atoms with Gasteiger partial charge in [-0.1, -0.05) is 19.1 Å². The van der Waals surface area contributed by atoms with Crippen LogP contribution in [0, 0.1) is 11.7 Å². The molecule has 3 nitrogen and oxygen atoms in total. The lowest BCUT2D eigenvalue weighted by Crippen LogP contribution is -2.37. The number of rotatable bonds is 3. The molecule has 0 saturated carbocycles. The van der Waals surface area contributed by atoms with Gasteiger partial charge >= 0.3 is 0 Å². The SMILES string of the molecule is CC(CN)C(=O)N1CCCC1c1ccc(F)cc1.Cl. The molecule has 1 aromatic carbocycles. The number of benzene rings is 1. The first kappa shape index (κ1) is 15.9. The number of hydrogen-bond acceptors (Lipinski definition) is 2. The van der Waals surface area contributed by atoms with Crippen LogP contribution in [0.2, 0.25) is 0 Å². The first-order valence-corrected chi connectivity index (χ1v) is 6.39. The highest BCUT2D eigenvalue weighted by molar-refractivity contribution is 5.85. The van der Waals surface area contributed by atoms with Crippen LogP contribution in [0.15, 0.2) is 24.3 Å². The molecule has 1 aliphatic heterocycles. The lowest BCUT2D eigenvalue weighted by molar-refractivity contribution is -0.135. The minimum Gasteiger partial charge on any atom is -0.335 e. The molecule has 5 heteroatoms. The highest BCUT2D eigenvalue weighted by Crippen LogP contribution is 2.32. The van der Waals surface area contributed by atoms with Crippen molar-refractivity contribution in [2.45, 2.75) is 25.8 Å². The Labute approximate surface area is 119 Å². The van der Waals surface area contributed by atoms with Crippen molar-refractivity contribution >= 4 is 18.3 Å². The van der Waals surface area contributed by atoms with Gasteiger partial charge in [0, 0.05) is 19.0 Å². The third-order valence-electron chi connectivity index (χ3n) is 3.57. The molecule has 19 heavy (non-hydrogen) atoms. The third-order valence-corrected chi connectivity index (χ3v) is 3.57. The number of likely N-dealkylation sites (tertiary alicyclic amines) is 1. The van der Waals surface area contributed by atoms with Crippen LogP contribution in [0.3, 0.4) is 0 Å². The molecule has 1 fully saturated rings. The van der Waals surface area contributed by atoms with E-state index in [0.29, 0.717) is 6.54 Å². The summed E-state index contributed by atoms with van der Waals surface area (Å²) in [5.74, 6) is -0.291. The predicted molar refractivity (Wildman–Crippen MR) is 75.6 cm³/mol. The summed E-state index contributed by atoms with van der Waals surface area (Å²) in [6.45, 7) is 2.99. The summed E-state index contributed by atoms with van der Waals surface area (Å²) in [4.78, 5) is 14.1. The van der Waals surface area contributed by atoms with E-state index in [-0.39, 0.29) is 36.1 Å². The Bertz CT molecular complexity index is 424. The summed E-state index contributed by atoms with van der Waals surface area (Å²) in [7, 11) is 0. The van der Waals surface area contributed by atoms with E-state index < -0.39 is 0 Å². The zero-order chi connectivity index (χ0) is 13.1. The molecular weight excluding hydrogens is 267 g/mol. The van der Waals surface area contributed by atoms with Gasteiger partial charge in [0.2, 0.25) is 5.91 Å². The van der Waals surface area contributed by atoms with E-state index in [9.17, 15) is 9.18 Å². The fourth-order valence-electron chi connectivity index (χ4n) is 2.45. The van der Waals surface area contributed by atoms with Gasteiger partial charge in [-0.15, -0.1) is 12.4 Å². The third kappa shape index (κ3) is 3.45. The molecule has 0 aromatic heterocycles. The average molecular weight is 287 g/mol. The van der Waals surface area contributed by atoms with E-state index in [1.807, 2.05) is 11.8 Å². The van der Waals surface area contributed by atoms with Crippen LogP contribution in [0.1, 0.15) is 31.4 Å². The number of hydrogen-bond donors (Lipinski definition) is 1. The lowest BCUT2D eigenvalue weighted by atomic mass is 10.0. The molecule has 1 aliphatic rings. The highest BCUT2D eigenvalue weighted by atomic mass is 35.5. The van der Waals surface area contributed by atoms with Crippen LogP contribution >= 0.6 is 12.4 Å². The molecule has 0 bridgehead atoms. The normalized spacial score (nSPS) is 19.9. The fraction of sp³-hybridized carbons (Fsp3) is 0.500. The topological polar surface area (TPSA) is 46.3 Å².